The van der Waals surface area contributed by atoms with Crippen LogP contribution in [0.1, 0.15) is 26.2 Å². The number of ketones is 2. The van der Waals surface area contributed by atoms with E-state index < -0.39 is 0 Å². The summed E-state index contributed by atoms with van der Waals surface area (Å²) in [6.07, 6.45) is 5.48. The molecule has 0 amide bonds. The van der Waals surface area contributed by atoms with Gasteiger partial charge in [0, 0.05) is 17.3 Å². The average Bonchev–Trinajstić information content (AvgIpc) is 2.42. The van der Waals surface area contributed by atoms with E-state index in [4.69, 9.17) is 0 Å². The third-order valence-electron chi connectivity index (χ3n) is 3.02. The van der Waals surface area contributed by atoms with E-state index in [2.05, 4.69) is 12.2 Å². The van der Waals surface area contributed by atoms with Gasteiger partial charge >= 0.3 is 0 Å². The van der Waals surface area contributed by atoms with Gasteiger partial charge in [0.25, 0.3) is 0 Å². The Kier molecular flexibility index (Phi) is 4.29. The topological polar surface area (TPSA) is 46.2 Å². The molecule has 0 bridgehead atoms. The summed E-state index contributed by atoms with van der Waals surface area (Å²) in [5.74, 6) is -0.193. The van der Waals surface area contributed by atoms with Crippen molar-refractivity contribution in [3.63, 3.8) is 0 Å². The number of hydrogen-bond donors (Lipinski definition) is 1. The van der Waals surface area contributed by atoms with Crippen LogP contribution in [0, 0.1) is 0 Å². The van der Waals surface area contributed by atoms with Crippen LogP contribution < -0.4 is 5.32 Å². The molecule has 3 nitrogen and oxygen atoms in total. The van der Waals surface area contributed by atoms with Crippen molar-refractivity contribution in [1.82, 2.24) is 0 Å². The lowest BCUT2D eigenvalue weighted by Gasteiger charge is -2.13. The molecule has 0 unspecified atom stereocenters. The van der Waals surface area contributed by atoms with E-state index in [1.807, 2.05) is 30.3 Å². The average molecular weight is 255 g/mol. The van der Waals surface area contributed by atoms with Gasteiger partial charge < -0.3 is 5.32 Å². The van der Waals surface area contributed by atoms with E-state index in [9.17, 15) is 9.59 Å². The molecule has 1 aliphatic carbocycles. The SMILES string of the molecule is CCCCC1=CC(=O)C(Nc2ccccc2)=CC1=O. The zero-order valence-corrected chi connectivity index (χ0v) is 11.0. The molecule has 2 rings (SSSR count). The van der Waals surface area contributed by atoms with Crippen LogP contribution in [0.5, 0.6) is 0 Å². The van der Waals surface area contributed by atoms with Crippen LogP contribution in [0.4, 0.5) is 5.69 Å². The van der Waals surface area contributed by atoms with Gasteiger partial charge in [-0.15, -0.1) is 0 Å². The number of benzene rings is 1. The van der Waals surface area contributed by atoms with E-state index in [0.717, 1.165) is 18.5 Å². The van der Waals surface area contributed by atoms with Crippen molar-refractivity contribution in [2.45, 2.75) is 26.2 Å². The van der Waals surface area contributed by atoms with Crippen molar-refractivity contribution in [3.05, 3.63) is 53.8 Å². The molecule has 0 fully saturated rings. The third kappa shape index (κ3) is 3.41. The first-order valence-electron chi connectivity index (χ1n) is 6.53. The minimum absolute atomic E-state index is 0.0634. The number of carbonyl (C=O) groups is 2. The maximum atomic E-state index is 12.0. The summed E-state index contributed by atoms with van der Waals surface area (Å²) in [5.41, 5.74) is 1.77. The highest BCUT2D eigenvalue weighted by molar-refractivity contribution is 6.20. The second-order valence-electron chi connectivity index (χ2n) is 4.55. The van der Waals surface area contributed by atoms with Crippen molar-refractivity contribution in [2.75, 3.05) is 5.32 Å². The Hall–Kier alpha value is -2.16. The van der Waals surface area contributed by atoms with Crippen LogP contribution in [0.25, 0.3) is 0 Å². The van der Waals surface area contributed by atoms with E-state index in [1.54, 1.807) is 0 Å². The third-order valence-corrected chi connectivity index (χ3v) is 3.02. The van der Waals surface area contributed by atoms with Crippen molar-refractivity contribution in [1.29, 1.82) is 0 Å². The molecular weight excluding hydrogens is 238 g/mol. The zero-order chi connectivity index (χ0) is 13.7. The molecule has 1 N–H and O–H groups in total. The van der Waals surface area contributed by atoms with E-state index >= 15 is 0 Å². The molecule has 0 atom stereocenters. The first-order valence-corrected chi connectivity index (χ1v) is 6.53. The Morgan fingerprint density at radius 1 is 1.00 bits per heavy atom. The van der Waals surface area contributed by atoms with Crippen LogP contribution in [0.15, 0.2) is 53.8 Å². The molecule has 0 radical (unpaired) electrons. The van der Waals surface area contributed by atoms with Crippen LogP contribution in [-0.4, -0.2) is 11.6 Å². The molecule has 1 aromatic carbocycles. The normalized spacial score (nSPS) is 15.0. The number of para-hydroxylation sites is 1. The van der Waals surface area contributed by atoms with Gasteiger partial charge in [-0.25, -0.2) is 0 Å². The highest BCUT2D eigenvalue weighted by Gasteiger charge is 2.19. The quantitative estimate of drug-likeness (QED) is 0.821. The summed E-state index contributed by atoms with van der Waals surface area (Å²) in [5, 5.41) is 2.98. The second-order valence-corrected chi connectivity index (χ2v) is 4.55. The summed E-state index contributed by atoms with van der Waals surface area (Å²) in [6.45, 7) is 2.06. The maximum Gasteiger partial charge on any atom is 0.202 e. The van der Waals surface area contributed by atoms with Gasteiger partial charge in [-0.2, -0.15) is 0 Å². The molecule has 19 heavy (non-hydrogen) atoms. The molecule has 0 aliphatic heterocycles. The summed E-state index contributed by atoms with van der Waals surface area (Å²) >= 11 is 0. The molecule has 1 aromatic rings. The largest absolute Gasteiger partial charge is 0.352 e. The van der Waals surface area contributed by atoms with Crippen molar-refractivity contribution in [2.24, 2.45) is 0 Å². The lowest BCUT2D eigenvalue weighted by molar-refractivity contribution is -0.115. The smallest absolute Gasteiger partial charge is 0.202 e. The molecular formula is C16H17NO2. The number of rotatable bonds is 5. The maximum absolute atomic E-state index is 12.0. The van der Waals surface area contributed by atoms with Gasteiger partial charge in [0.15, 0.2) is 5.78 Å². The Bertz CT molecular complexity index is 541. The number of nitrogens with one attached hydrogen (secondary N) is 1. The van der Waals surface area contributed by atoms with Gasteiger partial charge in [0.05, 0.1) is 5.70 Å². The van der Waals surface area contributed by atoms with Crippen molar-refractivity contribution in [3.8, 4) is 0 Å². The second kappa shape index (κ2) is 6.14. The number of anilines is 1. The van der Waals surface area contributed by atoms with Gasteiger partial charge in [-0.05, 0) is 31.1 Å². The standard InChI is InChI=1S/C16H17NO2/c1-2-3-7-12-10-16(19)14(11-15(12)18)17-13-8-5-4-6-9-13/h4-6,8-11,17H,2-3,7H2,1H3. The lowest BCUT2D eigenvalue weighted by Crippen LogP contribution is -2.18. The fourth-order valence-corrected chi connectivity index (χ4v) is 1.94. The minimum atomic E-state index is -0.130. The Morgan fingerprint density at radius 2 is 1.74 bits per heavy atom. The molecule has 0 spiro atoms. The number of carbonyl (C=O) groups excluding carboxylic acids is 2. The van der Waals surface area contributed by atoms with Crippen molar-refractivity contribution < 1.29 is 9.59 Å². The zero-order valence-electron chi connectivity index (χ0n) is 11.0. The first-order chi connectivity index (χ1) is 9.20. The summed E-state index contributed by atoms with van der Waals surface area (Å²) in [7, 11) is 0. The number of hydrogen-bond acceptors (Lipinski definition) is 3. The summed E-state index contributed by atoms with van der Waals surface area (Å²) < 4.78 is 0. The monoisotopic (exact) mass is 255 g/mol. The summed E-state index contributed by atoms with van der Waals surface area (Å²) in [6, 6.07) is 9.36. The van der Waals surface area contributed by atoms with E-state index in [-0.39, 0.29) is 11.6 Å². The first kappa shape index (κ1) is 13.3. The van der Waals surface area contributed by atoms with Crippen LogP contribution in [0.3, 0.4) is 0 Å². The molecule has 0 saturated carbocycles. The fraction of sp³-hybridized carbons (Fsp3) is 0.250. The molecule has 0 aromatic heterocycles. The molecule has 0 saturated heterocycles. The van der Waals surface area contributed by atoms with Crippen LogP contribution >= 0.6 is 0 Å². The van der Waals surface area contributed by atoms with E-state index in [1.165, 1.54) is 12.2 Å². The predicted octanol–water partition coefficient (Wildman–Crippen LogP) is 3.25. The van der Waals surface area contributed by atoms with Crippen molar-refractivity contribution >= 4 is 17.3 Å². The summed E-state index contributed by atoms with van der Waals surface area (Å²) in [4.78, 5) is 23.9. The predicted molar refractivity (Wildman–Crippen MR) is 75.8 cm³/mol. The van der Waals surface area contributed by atoms with Gasteiger partial charge in [0.2, 0.25) is 5.78 Å². The Morgan fingerprint density at radius 3 is 2.42 bits per heavy atom. The molecule has 0 heterocycles. The highest BCUT2D eigenvalue weighted by atomic mass is 16.1. The fourth-order valence-electron chi connectivity index (χ4n) is 1.94. The van der Waals surface area contributed by atoms with Crippen LogP contribution in [0.2, 0.25) is 0 Å². The number of unbranched alkanes of at least 4 members (excludes halogenated alkanes) is 1. The molecule has 3 heteroatoms. The van der Waals surface area contributed by atoms with Crippen LogP contribution in [-0.2, 0) is 9.59 Å². The highest BCUT2D eigenvalue weighted by Crippen LogP contribution is 2.18. The Labute approximate surface area is 113 Å². The van der Waals surface area contributed by atoms with Gasteiger partial charge in [0.1, 0.15) is 0 Å². The van der Waals surface area contributed by atoms with E-state index in [0.29, 0.717) is 17.7 Å². The van der Waals surface area contributed by atoms with Gasteiger partial charge in [-0.1, -0.05) is 31.5 Å². The Balaban J connectivity index is 2.09. The lowest BCUT2D eigenvalue weighted by atomic mass is 9.96. The minimum Gasteiger partial charge on any atom is -0.352 e. The number of allylic oxidation sites excluding steroid dienone is 3. The van der Waals surface area contributed by atoms with Gasteiger partial charge in [-0.3, -0.25) is 9.59 Å². The molecule has 1 aliphatic rings. The molecule has 98 valence electrons.